The van der Waals surface area contributed by atoms with E-state index in [1.165, 1.54) is 19.1 Å². The summed E-state index contributed by atoms with van der Waals surface area (Å²) in [4.78, 5) is 60.2. The Bertz CT molecular complexity index is 960. The third-order valence-electron chi connectivity index (χ3n) is 5.21. The van der Waals surface area contributed by atoms with Crippen LogP contribution in [0.15, 0.2) is 12.1 Å². The fourth-order valence-corrected chi connectivity index (χ4v) is 3.56. The van der Waals surface area contributed by atoms with E-state index < -0.39 is 67.1 Å². The minimum absolute atomic E-state index is 0.0142. The number of amides is 3. The molecule has 12 heteroatoms. The van der Waals surface area contributed by atoms with Crippen molar-refractivity contribution in [2.75, 3.05) is 6.54 Å². The maximum atomic E-state index is 14.1. The molecule has 0 saturated carbocycles. The van der Waals surface area contributed by atoms with E-state index in [1.807, 2.05) is 0 Å². The van der Waals surface area contributed by atoms with Crippen molar-refractivity contribution < 1.29 is 43.0 Å². The number of hydrogen-bond acceptors (Lipinski definition) is 6. The molecule has 1 unspecified atom stereocenters. The zero-order chi connectivity index (χ0) is 25.1. The predicted octanol–water partition coefficient (Wildman–Crippen LogP) is 0.522. The smallest absolute Gasteiger partial charge is 0.305 e. The van der Waals surface area contributed by atoms with Crippen molar-refractivity contribution >= 4 is 30.0 Å². The van der Waals surface area contributed by atoms with E-state index in [0.717, 1.165) is 0 Å². The van der Waals surface area contributed by atoms with Gasteiger partial charge in [-0.15, -0.1) is 0 Å². The summed E-state index contributed by atoms with van der Waals surface area (Å²) < 4.78 is 28.1. The Hall–Kier alpha value is -3.57. The minimum atomic E-state index is -3.39. The first-order chi connectivity index (χ1) is 15.3. The van der Waals surface area contributed by atoms with Gasteiger partial charge in [0.2, 0.25) is 11.8 Å². The molecule has 1 aliphatic heterocycles. The molecule has 0 spiro atoms. The highest BCUT2D eigenvalue weighted by Gasteiger charge is 2.51. The van der Waals surface area contributed by atoms with Crippen LogP contribution < -0.4 is 10.6 Å². The minimum Gasteiger partial charge on any atom is -0.507 e. The van der Waals surface area contributed by atoms with Gasteiger partial charge in [-0.3, -0.25) is 19.2 Å². The van der Waals surface area contributed by atoms with Gasteiger partial charge in [-0.25, -0.2) is 8.78 Å². The number of nitrogens with one attached hydrogen (secondary N) is 2. The Labute approximate surface area is 187 Å². The number of rotatable bonds is 8. The van der Waals surface area contributed by atoms with Crippen LogP contribution in [-0.2, 0) is 19.2 Å². The molecule has 1 saturated heterocycles. The Balaban J connectivity index is 2.15. The highest BCUT2D eigenvalue weighted by atomic mass is 19.3. The van der Waals surface area contributed by atoms with Gasteiger partial charge in [-0.1, -0.05) is 0 Å². The summed E-state index contributed by atoms with van der Waals surface area (Å²) in [5.74, 6) is -7.49. The number of carbonyl (C=O) groups excluding carboxylic acids is 4. The van der Waals surface area contributed by atoms with Crippen LogP contribution in [0.1, 0.15) is 41.3 Å². The molecule has 0 bridgehead atoms. The molecule has 1 aromatic rings. The largest absolute Gasteiger partial charge is 0.507 e. The number of carboxylic acids is 1. The quantitative estimate of drug-likeness (QED) is 0.405. The van der Waals surface area contributed by atoms with Crippen molar-refractivity contribution in [2.45, 2.75) is 57.7 Å². The predicted molar refractivity (Wildman–Crippen MR) is 110 cm³/mol. The number of carboxylic acid groups (broad SMARTS) is 1. The number of phenolic OH excluding ortho intramolecular Hbond substituents is 1. The van der Waals surface area contributed by atoms with Gasteiger partial charge in [0.25, 0.3) is 11.8 Å². The van der Waals surface area contributed by atoms with Crippen LogP contribution in [0.4, 0.5) is 8.78 Å². The van der Waals surface area contributed by atoms with Gasteiger partial charge >= 0.3 is 5.97 Å². The monoisotopic (exact) mass is 469 g/mol. The summed E-state index contributed by atoms with van der Waals surface area (Å²) in [6.07, 6.45) is -1.60. The number of hydrogen-bond donors (Lipinski definition) is 4. The van der Waals surface area contributed by atoms with E-state index in [4.69, 9.17) is 5.11 Å². The highest BCUT2D eigenvalue weighted by Crippen LogP contribution is 2.32. The summed E-state index contributed by atoms with van der Waals surface area (Å²) >= 11 is 0. The summed E-state index contributed by atoms with van der Waals surface area (Å²) in [6, 6.07) is -1.58. The summed E-state index contributed by atoms with van der Waals surface area (Å²) in [5.41, 5.74) is 1.01. The number of nitrogens with zero attached hydrogens (tertiary/aromatic N) is 1. The van der Waals surface area contributed by atoms with E-state index in [2.05, 4.69) is 10.6 Å². The number of likely N-dealkylation sites (tertiary alicyclic amines) is 1. The molecular weight excluding hydrogens is 444 g/mol. The molecule has 10 nitrogen and oxygen atoms in total. The van der Waals surface area contributed by atoms with Crippen LogP contribution in [0.3, 0.4) is 0 Å². The lowest BCUT2D eigenvalue weighted by molar-refractivity contribution is -0.142. The van der Waals surface area contributed by atoms with Gasteiger partial charge in [0.05, 0.1) is 19.0 Å². The van der Waals surface area contributed by atoms with Crippen molar-refractivity contribution in [3.63, 3.8) is 0 Å². The van der Waals surface area contributed by atoms with Gasteiger partial charge in [0, 0.05) is 12.0 Å². The van der Waals surface area contributed by atoms with Gasteiger partial charge in [-0.05, 0) is 44.0 Å². The Kier molecular flexibility index (Phi) is 7.72. The van der Waals surface area contributed by atoms with Crippen molar-refractivity contribution in [1.29, 1.82) is 0 Å². The van der Waals surface area contributed by atoms with Crippen LogP contribution in [0.5, 0.6) is 5.75 Å². The first-order valence-electron chi connectivity index (χ1n) is 10.0. The van der Waals surface area contributed by atoms with Crippen LogP contribution >= 0.6 is 0 Å². The zero-order valence-electron chi connectivity index (χ0n) is 18.2. The molecule has 0 radical (unpaired) electrons. The molecule has 0 aromatic heterocycles. The molecule has 33 heavy (non-hydrogen) atoms. The molecule has 1 aromatic carbocycles. The van der Waals surface area contributed by atoms with Crippen LogP contribution in [-0.4, -0.2) is 75.7 Å². The summed E-state index contributed by atoms with van der Waals surface area (Å²) in [6.45, 7) is 3.36. The van der Waals surface area contributed by atoms with Gasteiger partial charge in [-0.2, -0.15) is 0 Å². The number of aliphatic carboxylic acids is 1. The average molecular weight is 469 g/mol. The Morgan fingerprint density at radius 1 is 1.21 bits per heavy atom. The first-order valence-corrected chi connectivity index (χ1v) is 10.0. The molecule has 4 N–H and O–H groups in total. The van der Waals surface area contributed by atoms with Crippen LogP contribution in [0, 0.1) is 13.8 Å². The van der Waals surface area contributed by atoms with Crippen molar-refractivity contribution in [3.8, 4) is 5.75 Å². The second kappa shape index (κ2) is 9.92. The second-order valence-electron chi connectivity index (χ2n) is 8.04. The lowest BCUT2D eigenvalue weighted by Crippen LogP contribution is -2.54. The Morgan fingerprint density at radius 3 is 2.30 bits per heavy atom. The molecule has 1 aliphatic rings. The van der Waals surface area contributed by atoms with Crippen molar-refractivity contribution in [2.24, 2.45) is 0 Å². The maximum Gasteiger partial charge on any atom is 0.305 e. The lowest BCUT2D eigenvalue weighted by atomic mass is 10.0. The topological polar surface area (TPSA) is 153 Å². The maximum absolute atomic E-state index is 14.1. The third-order valence-corrected chi connectivity index (χ3v) is 5.21. The normalized spacial score (nSPS) is 18.8. The van der Waals surface area contributed by atoms with E-state index in [0.29, 0.717) is 16.0 Å². The van der Waals surface area contributed by atoms with E-state index in [-0.39, 0.29) is 17.6 Å². The zero-order valence-corrected chi connectivity index (χ0v) is 18.2. The van der Waals surface area contributed by atoms with Crippen LogP contribution in [0.25, 0.3) is 0 Å². The van der Waals surface area contributed by atoms with E-state index in [1.54, 1.807) is 13.8 Å². The molecule has 1 fully saturated rings. The van der Waals surface area contributed by atoms with Gasteiger partial charge in [0.1, 0.15) is 24.1 Å². The lowest BCUT2D eigenvalue weighted by Gasteiger charge is -2.27. The molecule has 0 aliphatic carbocycles. The molecule has 1 heterocycles. The molecule has 3 atom stereocenters. The number of halogens is 2. The number of phenols is 1. The van der Waals surface area contributed by atoms with Crippen molar-refractivity contribution in [1.82, 2.24) is 15.5 Å². The standard InChI is InChI=1S/C21H25F2N3O7/c1-10-4-13(5-11(2)17(10)30)18(31)24-12(3)20(33)26-9-21(22,23)7-15(26)19(32)25-14(8-27)6-16(28)29/h4-5,8,12,14-15,30H,6-7,9H2,1-3H3,(H,24,31)(H,25,32)(H,28,29)/t12-,14-,15?/m0/s1. The molecule has 180 valence electrons. The van der Waals surface area contributed by atoms with Gasteiger partial charge in [0.15, 0.2) is 0 Å². The number of aldehydes is 1. The average Bonchev–Trinajstić information content (AvgIpc) is 3.05. The van der Waals surface area contributed by atoms with E-state index in [9.17, 15) is 37.9 Å². The fourth-order valence-electron chi connectivity index (χ4n) is 3.56. The number of carbonyl (C=O) groups is 5. The Morgan fingerprint density at radius 2 is 1.79 bits per heavy atom. The summed E-state index contributed by atoms with van der Waals surface area (Å²) in [7, 11) is 0. The number of alkyl halides is 2. The molecule has 3 amide bonds. The summed E-state index contributed by atoms with van der Waals surface area (Å²) in [5, 5.41) is 23.0. The fraction of sp³-hybridized carbons (Fsp3) is 0.476. The van der Waals surface area contributed by atoms with Crippen molar-refractivity contribution in [3.05, 3.63) is 28.8 Å². The first kappa shape index (κ1) is 25.7. The van der Waals surface area contributed by atoms with Gasteiger partial charge < -0.3 is 30.5 Å². The third kappa shape index (κ3) is 6.24. The number of aromatic hydroxyl groups is 1. The SMILES string of the molecule is Cc1cc(C(=O)N[C@@H](C)C(=O)N2CC(F)(F)CC2C(=O)N[C@H](C=O)CC(=O)O)cc(C)c1O. The second-order valence-corrected chi connectivity index (χ2v) is 8.04. The number of benzene rings is 1. The molecular formula is C21H25F2N3O7. The van der Waals surface area contributed by atoms with E-state index >= 15 is 0 Å². The highest BCUT2D eigenvalue weighted by molar-refractivity contribution is 5.99. The molecule has 2 rings (SSSR count). The number of aryl methyl sites for hydroxylation is 2. The van der Waals surface area contributed by atoms with Crippen LogP contribution in [0.2, 0.25) is 0 Å².